The van der Waals surface area contributed by atoms with Crippen LogP contribution in [0.4, 0.5) is 0 Å². The van der Waals surface area contributed by atoms with E-state index in [2.05, 4.69) is 62.9 Å². The van der Waals surface area contributed by atoms with E-state index in [1.165, 1.54) is 11.7 Å². The number of hydrogen-bond acceptors (Lipinski definition) is 0. The van der Waals surface area contributed by atoms with E-state index in [1.807, 2.05) is 0 Å². The summed E-state index contributed by atoms with van der Waals surface area (Å²) in [6.45, 7) is 15.8. The number of allylic oxidation sites excluding steroid dienone is 2. The van der Waals surface area contributed by atoms with Crippen LogP contribution in [0.2, 0.25) is 59.5 Å². The molecule has 0 fully saturated rings. The van der Waals surface area contributed by atoms with E-state index in [4.69, 9.17) is 0 Å². The summed E-state index contributed by atoms with van der Waals surface area (Å²) in [6.07, 6.45) is 6.44. The van der Waals surface area contributed by atoms with Gasteiger partial charge < -0.3 is 0 Å². The Kier molecular flexibility index (Phi) is 3.81. The molecule has 0 aromatic rings. The van der Waals surface area contributed by atoms with Crippen molar-refractivity contribution in [3.05, 3.63) is 12.2 Å². The van der Waals surface area contributed by atoms with Crippen molar-refractivity contribution >= 4 is 29.4 Å². The standard InChI is InChI=1S/C13H30GeSi2/c1-14(2)12-10-9-11-13(14,15(3,4)5)16(6,7)8/h9-10H,11-12H2,1-8H3. The Morgan fingerprint density at radius 2 is 1.31 bits per heavy atom. The summed E-state index contributed by atoms with van der Waals surface area (Å²) in [6, 6.07) is 0. The average molecular weight is 315 g/mol. The Morgan fingerprint density at radius 1 is 0.875 bits per heavy atom. The van der Waals surface area contributed by atoms with E-state index in [1.54, 1.807) is 0 Å². The minimum atomic E-state index is -1.66. The quantitative estimate of drug-likeness (QED) is 0.488. The first-order valence-corrected chi connectivity index (χ1v) is 20.3. The van der Waals surface area contributed by atoms with Gasteiger partial charge in [-0.1, -0.05) is 0 Å². The van der Waals surface area contributed by atoms with Crippen LogP contribution in [0, 0.1) is 0 Å². The van der Waals surface area contributed by atoms with Crippen molar-refractivity contribution in [2.75, 3.05) is 0 Å². The van der Waals surface area contributed by atoms with Crippen molar-refractivity contribution in [1.29, 1.82) is 0 Å². The summed E-state index contributed by atoms with van der Waals surface area (Å²) in [5.41, 5.74) is 0. The van der Waals surface area contributed by atoms with Crippen molar-refractivity contribution in [2.45, 2.75) is 66.0 Å². The van der Waals surface area contributed by atoms with Crippen LogP contribution in [0.25, 0.3) is 0 Å². The molecule has 0 nitrogen and oxygen atoms in total. The van der Waals surface area contributed by atoms with Crippen LogP contribution in [0.15, 0.2) is 12.2 Å². The molecule has 0 radical (unpaired) electrons. The van der Waals surface area contributed by atoms with Gasteiger partial charge in [0.1, 0.15) is 0 Å². The Bertz CT molecular complexity index is 278. The van der Waals surface area contributed by atoms with Gasteiger partial charge in [-0.2, -0.15) is 0 Å². The molecule has 0 unspecified atom stereocenters. The normalized spacial score (nSPS) is 24.5. The molecule has 0 bridgehead atoms. The molecule has 1 aliphatic rings. The fourth-order valence-corrected chi connectivity index (χ4v) is 49.7. The molecule has 1 heterocycles. The van der Waals surface area contributed by atoms with Gasteiger partial charge in [0.2, 0.25) is 0 Å². The third-order valence-electron chi connectivity index (χ3n) is 4.93. The minimum absolute atomic E-state index is 0.828. The zero-order valence-corrected chi connectivity index (χ0v) is 16.7. The molecule has 0 atom stereocenters. The monoisotopic (exact) mass is 316 g/mol. The topological polar surface area (TPSA) is 0 Å². The molecule has 0 aromatic carbocycles. The van der Waals surface area contributed by atoms with Crippen LogP contribution in [0.1, 0.15) is 6.42 Å². The summed E-state index contributed by atoms with van der Waals surface area (Å²) in [7, 11) is -2.17. The van der Waals surface area contributed by atoms with E-state index in [-0.39, 0.29) is 0 Å². The van der Waals surface area contributed by atoms with Gasteiger partial charge in [-0.3, -0.25) is 0 Å². The Morgan fingerprint density at radius 3 is 1.56 bits per heavy atom. The van der Waals surface area contributed by atoms with Crippen LogP contribution < -0.4 is 0 Å². The molecule has 0 N–H and O–H groups in total. The predicted molar refractivity (Wildman–Crippen MR) is 85.4 cm³/mol. The molecule has 94 valence electrons. The Hall–Kier alpha value is 0.717. The second kappa shape index (κ2) is 4.13. The van der Waals surface area contributed by atoms with Crippen molar-refractivity contribution in [3.8, 4) is 0 Å². The van der Waals surface area contributed by atoms with E-state index < -0.39 is 29.4 Å². The molecule has 16 heavy (non-hydrogen) atoms. The molecule has 0 saturated heterocycles. The number of hydrogen-bond donors (Lipinski definition) is 0. The SMILES string of the molecule is C[Si](C)(C)[C]1([Si](C)(C)C)CC=C[CH2][Ge]1([CH3])[CH3]. The van der Waals surface area contributed by atoms with Gasteiger partial charge in [0.05, 0.1) is 0 Å². The zero-order valence-electron chi connectivity index (χ0n) is 12.6. The van der Waals surface area contributed by atoms with Gasteiger partial charge >= 0.3 is 108 Å². The van der Waals surface area contributed by atoms with E-state index >= 15 is 0 Å². The molecule has 0 saturated carbocycles. The van der Waals surface area contributed by atoms with E-state index in [9.17, 15) is 0 Å². The first-order valence-electron chi connectivity index (χ1n) is 6.61. The zero-order chi connectivity index (χ0) is 12.8. The Balaban J connectivity index is 3.42. The van der Waals surface area contributed by atoms with E-state index in [0.717, 1.165) is 3.49 Å². The van der Waals surface area contributed by atoms with Crippen LogP contribution in [0.3, 0.4) is 0 Å². The Labute approximate surface area is 107 Å². The average Bonchev–Trinajstić information content (AvgIpc) is 1.97. The maximum atomic E-state index is 2.71. The first kappa shape index (κ1) is 14.8. The summed E-state index contributed by atoms with van der Waals surface area (Å²) in [5, 5.41) is 1.47. The summed E-state index contributed by atoms with van der Waals surface area (Å²) in [5.74, 6) is 5.42. The predicted octanol–water partition coefficient (Wildman–Crippen LogP) is 5.15. The van der Waals surface area contributed by atoms with Crippen LogP contribution >= 0.6 is 0 Å². The molecule has 0 aromatic heterocycles. The van der Waals surface area contributed by atoms with Crippen LogP contribution in [-0.2, 0) is 0 Å². The van der Waals surface area contributed by atoms with Gasteiger partial charge in [0.25, 0.3) is 0 Å². The molecule has 0 spiro atoms. The van der Waals surface area contributed by atoms with Gasteiger partial charge in [-0.25, -0.2) is 0 Å². The summed E-state index contributed by atoms with van der Waals surface area (Å²) >= 11 is -1.66. The second-order valence-corrected chi connectivity index (χ2v) is 32.0. The molecule has 3 heteroatoms. The molecule has 0 amide bonds. The fraction of sp³-hybridized carbons (Fsp3) is 0.846. The molecular formula is C13H30GeSi2. The van der Waals surface area contributed by atoms with Gasteiger partial charge in [-0.05, 0) is 0 Å². The molecule has 1 rings (SSSR count). The van der Waals surface area contributed by atoms with Gasteiger partial charge in [0.15, 0.2) is 0 Å². The maximum absolute atomic E-state index is 2.71. The van der Waals surface area contributed by atoms with Crippen LogP contribution in [0.5, 0.6) is 0 Å². The molecular weight excluding hydrogens is 285 g/mol. The van der Waals surface area contributed by atoms with E-state index in [0.29, 0.717) is 0 Å². The first-order chi connectivity index (χ1) is 6.96. The van der Waals surface area contributed by atoms with Gasteiger partial charge in [0, 0.05) is 0 Å². The number of rotatable bonds is 2. The molecule has 1 aliphatic heterocycles. The van der Waals surface area contributed by atoms with Crippen molar-refractivity contribution < 1.29 is 0 Å². The third kappa shape index (κ3) is 2.05. The second-order valence-electron chi connectivity index (χ2n) is 8.17. The molecule has 0 aliphatic carbocycles. The van der Waals surface area contributed by atoms with Crippen molar-refractivity contribution in [3.63, 3.8) is 0 Å². The van der Waals surface area contributed by atoms with Crippen molar-refractivity contribution in [2.24, 2.45) is 0 Å². The van der Waals surface area contributed by atoms with Crippen LogP contribution in [-0.4, -0.2) is 29.4 Å². The third-order valence-corrected chi connectivity index (χ3v) is 39.4. The van der Waals surface area contributed by atoms with Crippen molar-refractivity contribution in [1.82, 2.24) is 0 Å². The fourth-order valence-electron chi connectivity index (χ4n) is 4.86. The summed E-state index contributed by atoms with van der Waals surface area (Å²) in [4.78, 5) is 0. The summed E-state index contributed by atoms with van der Waals surface area (Å²) < 4.78 is 0.828. The van der Waals surface area contributed by atoms with Gasteiger partial charge in [-0.15, -0.1) is 0 Å².